The van der Waals surface area contributed by atoms with E-state index < -0.39 is 5.97 Å². The minimum atomic E-state index is -0.737. The first-order chi connectivity index (χ1) is 7.15. The average molecular weight is 231 g/mol. The number of carbonyl (C=O) groups is 1. The SMILES string of the molecule is COC1CCCC2(C1)N[C@H](C(=O)O)CS2. The van der Waals surface area contributed by atoms with Crippen molar-refractivity contribution in [1.29, 1.82) is 0 Å². The van der Waals surface area contributed by atoms with Crippen molar-refractivity contribution in [3.63, 3.8) is 0 Å². The highest BCUT2D eigenvalue weighted by Crippen LogP contribution is 2.42. The van der Waals surface area contributed by atoms with Gasteiger partial charge in [-0.2, -0.15) is 0 Å². The lowest BCUT2D eigenvalue weighted by Crippen LogP contribution is -2.48. The summed E-state index contributed by atoms with van der Waals surface area (Å²) in [5.41, 5.74) is 0. The van der Waals surface area contributed by atoms with Gasteiger partial charge in [0.25, 0.3) is 0 Å². The molecule has 0 radical (unpaired) electrons. The molecule has 86 valence electrons. The van der Waals surface area contributed by atoms with Gasteiger partial charge in [0, 0.05) is 19.3 Å². The molecule has 2 rings (SSSR count). The molecule has 2 fully saturated rings. The number of hydrogen-bond donors (Lipinski definition) is 2. The molecule has 0 aromatic heterocycles. The van der Waals surface area contributed by atoms with Crippen LogP contribution < -0.4 is 5.32 Å². The smallest absolute Gasteiger partial charge is 0.321 e. The van der Waals surface area contributed by atoms with Gasteiger partial charge in [0.05, 0.1) is 11.0 Å². The molecule has 0 aromatic rings. The van der Waals surface area contributed by atoms with Gasteiger partial charge in [-0.25, -0.2) is 0 Å². The Labute approximate surface area is 93.8 Å². The summed E-state index contributed by atoms with van der Waals surface area (Å²) in [6.45, 7) is 0. The van der Waals surface area contributed by atoms with E-state index in [1.54, 1.807) is 18.9 Å². The van der Waals surface area contributed by atoms with Crippen molar-refractivity contribution >= 4 is 17.7 Å². The minimum Gasteiger partial charge on any atom is -0.480 e. The lowest BCUT2D eigenvalue weighted by atomic mass is 9.91. The zero-order chi connectivity index (χ0) is 10.9. The third kappa shape index (κ3) is 2.29. The zero-order valence-corrected chi connectivity index (χ0v) is 9.68. The van der Waals surface area contributed by atoms with Gasteiger partial charge in [-0.1, -0.05) is 0 Å². The van der Waals surface area contributed by atoms with E-state index in [9.17, 15) is 4.79 Å². The molecule has 0 bridgehead atoms. The first-order valence-electron chi connectivity index (χ1n) is 5.32. The number of carboxylic acids is 1. The fraction of sp³-hybridized carbons (Fsp3) is 0.900. The molecule has 1 saturated carbocycles. The van der Waals surface area contributed by atoms with E-state index >= 15 is 0 Å². The number of methoxy groups -OCH3 is 1. The summed E-state index contributed by atoms with van der Waals surface area (Å²) in [5.74, 6) is -0.0647. The van der Waals surface area contributed by atoms with E-state index in [-0.39, 0.29) is 17.0 Å². The molecular weight excluding hydrogens is 214 g/mol. The second-order valence-electron chi connectivity index (χ2n) is 4.29. The highest BCUT2D eigenvalue weighted by atomic mass is 32.2. The molecule has 4 nitrogen and oxygen atoms in total. The molecular formula is C10H17NO3S. The van der Waals surface area contributed by atoms with E-state index in [2.05, 4.69) is 5.32 Å². The fourth-order valence-corrected chi connectivity index (χ4v) is 3.96. The Kier molecular flexibility index (Phi) is 3.23. The summed E-state index contributed by atoms with van der Waals surface area (Å²) in [7, 11) is 1.73. The molecule has 0 amide bonds. The summed E-state index contributed by atoms with van der Waals surface area (Å²) in [5, 5.41) is 12.2. The molecule has 1 aliphatic heterocycles. The van der Waals surface area contributed by atoms with Crippen LogP contribution in [0.4, 0.5) is 0 Å². The van der Waals surface area contributed by atoms with Gasteiger partial charge in [-0.05, 0) is 19.3 Å². The van der Waals surface area contributed by atoms with Crippen LogP contribution in [0.25, 0.3) is 0 Å². The van der Waals surface area contributed by atoms with Crippen LogP contribution in [-0.2, 0) is 9.53 Å². The summed E-state index contributed by atoms with van der Waals surface area (Å²) in [6.07, 6.45) is 4.48. The maximum absolute atomic E-state index is 10.9. The van der Waals surface area contributed by atoms with Gasteiger partial charge in [0.1, 0.15) is 6.04 Å². The number of nitrogens with one attached hydrogen (secondary N) is 1. The molecule has 1 spiro atoms. The standard InChI is InChI=1S/C10H17NO3S/c1-14-7-3-2-4-10(5-7)11-8(6-15-10)9(12)13/h7-8,11H,2-6H2,1H3,(H,12,13)/t7?,8-,10?/m0/s1. The summed E-state index contributed by atoms with van der Waals surface area (Å²) in [6, 6.07) is -0.384. The minimum absolute atomic E-state index is 0.0397. The van der Waals surface area contributed by atoms with E-state index in [4.69, 9.17) is 9.84 Å². The van der Waals surface area contributed by atoms with Crippen LogP contribution in [0.5, 0.6) is 0 Å². The molecule has 2 N–H and O–H groups in total. The fourth-order valence-electron chi connectivity index (χ4n) is 2.43. The third-order valence-corrected chi connectivity index (χ3v) is 4.80. The Morgan fingerprint density at radius 3 is 3.07 bits per heavy atom. The van der Waals surface area contributed by atoms with Gasteiger partial charge in [-0.15, -0.1) is 11.8 Å². The molecule has 3 atom stereocenters. The van der Waals surface area contributed by atoms with Crippen molar-refractivity contribution in [3.8, 4) is 0 Å². The Morgan fingerprint density at radius 2 is 2.47 bits per heavy atom. The van der Waals surface area contributed by atoms with Crippen LogP contribution in [0, 0.1) is 0 Å². The Morgan fingerprint density at radius 1 is 1.67 bits per heavy atom. The maximum Gasteiger partial charge on any atom is 0.321 e. The number of ether oxygens (including phenoxy) is 1. The third-order valence-electron chi connectivity index (χ3n) is 3.26. The number of carboxylic acid groups (broad SMARTS) is 1. The topological polar surface area (TPSA) is 58.6 Å². The Balaban J connectivity index is 1.99. The quantitative estimate of drug-likeness (QED) is 0.744. The van der Waals surface area contributed by atoms with Crippen LogP contribution in [-0.4, -0.2) is 41.0 Å². The van der Waals surface area contributed by atoms with Gasteiger partial charge in [-0.3, -0.25) is 10.1 Å². The van der Waals surface area contributed by atoms with Crippen molar-refractivity contribution in [2.75, 3.05) is 12.9 Å². The highest BCUT2D eigenvalue weighted by Gasteiger charge is 2.44. The predicted octanol–water partition coefficient (Wildman–Crippen LogP) is 1.06. The largest absolute Gasteiger partial charge is 0.480 e. The second-order valence-corrected chi connectivity index (χ2v) is 5.70. The predicted molar refractivity (Wildman–Crippen MR) is 59.0 cm³/mol. The summed E-state index contributed by atoms with van der Waals surface area (Å²) < 4.78 is 5.37. The molecule has 1 saturated heterocycles. The van der Waals surface area contributed by atoms with Crippen LogP contribution in [0.3, 0.4) is 0 Å². The lowest BCUT2D eigenvalue weighted by Gasteiger charge is -2.37. The van der Waals surface area contributed by atoms with E-state index in [1.165, 1.54) is 0 Å². The average Bonchev–Trinajstić information content (AvgIpc) is 2.62. The molecule has 0 aromatic carbocycles. The monoisotopic (exact) mass is 231 g/mol. The van der Waals surface area contributed by atoms with Crippen LogP contribution in [0.15, 0.2) is 0 Å². The number of thioether (sulfide) groups is 1. The molecule has 1 aliphatic carbocycles. The van der Waals surface area contributed by atoms with Gasteiger partial charge in [0.15, 0.2) is 0 Å². The van der Waals surface area contributed by atoms with E-state index in [1.807, 2.05) is 0 Å². The van der Waals surface area contributed by atoms with E-state index in [0.717, 1.165) is 25.7 Å². The van der Waals surface area contributed by atoms with Crippen LogP contribution in [0.2, 0.25) is 0 Å². The molecule has 15 heavy (non-hydrogen) atoms. The maximum atomic E-state index is 10.9. The molecule has 1 heterocycles. The second kappa shape index (κ2) is 4.31. The molecule has 2 aliphatic rings. The van der Waals surface area contributed by atoms with Gasteiger partial charge in [0.2, 0.25) is 0 Å². The van der Waals surface area contributed by atoms with Crippen molar-refractivity contribution < 1.29 is 14.6 Å². The Hall–Kier alpha value is -0.260. The van der Waals surface area contributed by atoms with Crippen molar-refractivity contribution in [3.05, 3.63) is 0 Å². The normalized spacial score (nSPS) is 40.9. The molecule has 2 unspecified atom stereocenters. The van der Waals surface area contributed by atoms with Crippen molar-refractivity contribution in [1.82, 2.24) is 5.32 Å². The Bertz CT molecular complexity index is 261. The molecule has 5 heteroatoms. The lowest BCUT2D eigenvalue weighted by molar-refractivity contribution is -0.139. The zero-order valence-electron chi connectivity index (χ0n) is 8.86. The number of rotatable bonds is 2. The van der Waals surface area contributed by atoms with Gasteiger partial charge >= 0.3 is 5.97 Å². The summed E-state index contributed by atoms with van der Waals surface area (Å²) in [4.78, 5) is 10.8. The first-order valence-corrected chi connectivity index (χ1v) is 6.31. The van der Waals surface area contributed by atoms with Crippen LogP contribution >= 0.6 is 11.8 Å². The number of hydrogen-bond acceptors (Lipinski definition) is 4. The van der Waals surface area contributed by atoms with Gasteiger partial charge < -0.3 is 9.84 Å². The highest BCUT2D eigenvalue weighted by molar-refractivity contribution is 8.01. The van der Waals surface area contributed by atoms with Crippen molar-refractivity contribution in [2.24, 2.45) is 0 Å². The van der Waals surface area contributed by atoms with Crippen molar-refractivity contribution in [2.45, 2.75) is 42.7 Å². The van der Waals surface area contributed by atoms with Crippen LogP contribution in [0.1, 0.15) is 25.7 Å². The van der Waals surface area contributed by atoms with E-state index in [0.29, 0.717) is 5.75 Å². The first kappa shape index (κ1) is 11.2. The summed E-state index contributed by atoms with van der Waals surface area (Å²) >= 11 is 1.75. The number of aliphatic carboxylic acids is 1.